The smallest absolute Gasteiger partial charge is 0.238 e. The van der Waals surface area contributed by atoms with Gasteiger partial charge in [0.1, 0.15) is 6.61 Å². The first-order chi connectivity index (χ1) is 15.8. The van der Waals surface area contributed by atoms with E-state index in [4.69, 9.17) is 37.8 Å². The maximum absolute atomic E-state index is 11.4. The van der Waals surface area contributed by atoms with Crippen molar-refractivity contribution >= 4 is 33.2 Å². The molecule has 0 saturated heterocycles. The summed E-state index contributed by atoms with van der Waals surface area (Å²) in [5, 5.41) is 9.66. The summed E-state index contributed by atoms with van der Waals surface area (Å²) in [6, 6.07) is 17.7. The lowest BCUT2D eigenvalue weighted by Gasteiger charge is -2.17. The van der Waals surface area contributed by atoms with Gasteiger partial charge in [0.15, 0.2) is 11.5 Å². The van der Waals surface area contributed by atoms with E-state index in [9.17, 15) is 8.42 Å². The minimum absolute atomic E-state index is 0.106. The van der Waals surface area contributed by atoms with Crippen LogP contribution >= 0.6 is 23.2 Å². The molecule has 0 spiro atoms. The van der Waals surface area contributed by atoms with Crippen molar-refractivity contribution in [2.45, 2.75) is 31.4 Å². The number of hydrogen-bond donors (Lipinski definition) is 2. The first-order valence-corrected chi connectivity index (χ1v) is 12.7. The Morgan fingerprint density at radius 2 is 1.73 bits per heavy atom. The normalized spacial score (nSPS) is 11.4. The number of sulfonamides is 1. The van der Waals surface area contributed by atoms with Crippen LogP contribution in [0.5, 0.6) is 11.5 Å². The third-order valence-electron chi connectivity index (χ3n) is 4.91. The quantitative estimate of drug-likeness (QED) is 0.357. The molecule has 0 aliphatic carbocycles. The lowest BCUT2D eigenvalue weighted by Crippen LogP contribution is -2.18. The summed E-state index contributed by atoms with van der Waals surface area (Å²) in [4.78, 5) is 0.106. The fourth-order valence-electron chi connectivity index (χ4n) is 3.22. The summed E-state index contributed by atoms with van der Waals surface area (Å²) in [6.45, 7) is 3.98. The molecule has 3 aromatic carbocycles. The second-order valence-corrected chi connectivity index (χ2v) is 9.72. The van der Waals surface area contributed by atoms with E-state index in [0.29, 0.717) is 41.2 Å². The van der Waals surface area contributed by atoms with E-state index in [1.54, 1.807) is 24.3 Å². The van der Waals surface area contributed by atoms with Crippen LogP contribution in [0.25, 0.3) is 0 Å². The minimum atomic E-state index is -3.68. The predicted molar refractivity (Wildman–Crippen MR) is 132 cm³/mol. The summed E-state index contributed by atoms with van der Waals surface area (Å²) in [5.41, 5.74) is 2.79. The Labute approximate surface area is 204 Å². The van der Waals surface area contributed by atoms with E-state index >= 15 is 0 Å². The van der Waals surface area contributed by atoms with Crippen LogP contribution in [0.2, 0.25) is 10.0 Å². The standard InChI is InChI=1S/C24H26Cl2N2O4S/c1-2-31-23-5-3-4-18(24(23)32-16-19-8-9-20(25)14-22(19)26)15-28-13-12-17-6-10-21(11-7-17)33(27,29)30/h3-11,14,28H,2,12-13,15-16H2,1H3,(H2,27,29,30). The number of nitrogens with one attached hydrogen (secondary N) is 1. The maximum Gasteiger partial charge on any atom is 0.238 e. The summed E-state index contributed by atoms with van der Waals surface area (Å²) >= 11 is 12.3. The highest BCUT2D eigenvalue weighted by Crippen LogP contribution is 2.33. The Balaban J connectivity index is 1.64. The number of benzene rings is 3. The van der Waals surface area contributed by atoms with Gasteiger partial charge in [0.25, 0.3) is 0 Å². The molecule has 0 bridgehead atoms. The van der Waals surface area contributed by atoms with Crippen LogP contribution in [-0.2, 0) is 29.6 Å². The molecule has 0 aliphatic rings. The summed E-state index contributed by atoms with van der Waals surface area (Å²) < 4.78 is 34.6. The summed E-state index contributed by atoms with van der Waals surface area (Å²) in [6.07, 6.45) is 0.729. The van der Waals surface area contributed by atoms with Gasteiger partial charge in [-0.2, -0.15) is 0 Å². The average molecular weight is 509 g/mol. The Kier molecular flexibility index (Phi) is 9.00. The van der Waals surface area contributed by atoms with Crippen LogP contribution < -0.4 is 19.9 Å². The van der Waals surface area contributed by atoms with Crippen molar-refractivity contribution in [2.75, 3.05) is 13.2 Å². The fourth-order valence-corrected chi connectivity index (χ4v) is 4.20. The van der Waals surface area contributed by atoms with Gasteiger partial charge < -0.3 is 14.8 Å². The van der Waals surface area contributed by atoms with E-state index in [1.807, 2.05) is 31.2 Å². The molecule has 176 valence electrons. The molecule has 0 heterocycles. The molecule has 0 saturated carbocycles. The van der Waals surface area contributed by atoms with Crippen LogP contribution in [0.4, 0.5) is 0 Å². The Morgan fingerprint density at radius 3 is 2.39 bits per heavy atom. The van der Waals surface area contributed by atoms with Gasteiger partial charge in [0, 0.05) is 27.7 Å². The van der Waals surface area contributed by atoms with E-state index in [0.717, 1.165) is 23.1 Å². The number of primary sulfonamides is 1. The topological polar surface area (TPSA) is 90.6 Å². The van der Waals surface area contributed by atoms with Gasteiger partial charge in [-0.05, 0) is 55.8 Å². The summed E-state index contributed by atoms with van der Waals surface area (Å²) in [5.74, 6) is 1.33. The molecule has 0 aromatic heterocycles. The van der Waals surface area contributed by atoms with E-state index < -0.39 is 10.0 Å². The van der Waals surface area contributed by atoms with Gasteiger partial charge in [-0.25, -0.2) is 13.6 Å². The molecule has 3 rings (SSSR count). The van der Waals surface area contributed by atoms with Crippen molar-refractivity contribution in [3.63, 3.8) is 0 Å². The molecule has 0 unspecified atom stereocenters. The highest BCUT2D eigenvalue weighted by atomic mass is 35.5. The van der Waals surface area contributed by atoms with E-state index in [-0.39, 0.29) is 11.5 Å². The van der Waals surface area contributed by atoms with Crippen molar-refractivity contribution in [1.29, 1.82) is 0 Å². The van der Waals surface area contributed by atoms with Gasteiger partial charge in [0.05, 0.1) is 11.5 Å². The molecule has 0 atom stereocenters. The van der Waals surface area contributed by atoms with E-state index in [1.165, 1.54) is 12.1 Å². The number of para-hydroxylation sites is 1. The maximum atomic E-state index is 11.4. The molecule has 3 N–H and O–H groups in total. The summed E-state index contributed by atoms with van der Waals surface area (Å²) in [7, 11) is -3.68. The molecular formula is C24H26Cl2N2O4S. The van der Waals surface area contributed by atoms with Gasteiger partial charge in [-0.1, -0.05) is 53.5 Å². The number of rotatable bonds is 11. The van der Waals surface area contributed by atoms with Crippen LogP contribution in [0.3, 0.4) is 0 Å². The van der Waals surface area contributed by atoms with Crippen LogP contribution in [0.15, 0.2) is 65.6 Å². The number of nitrogens with two attached hydrogens (primary N) is 1. The molecular weight excluding hydrogens is 483 g/mol. The Morgan fingerprint density at radius 1 is 0.970 bits per heavy atom. The largest absolute Gasteiger partial charge is 0.490 e. The van der Waals surface area contributed by atoms with Crippen LogP contribution in [0, 0.1) is 0 Å². The first-order valence-electron chi connectivity index (χ1n) is 10.4. The first kappa shape index (κ1) is 25.3. The molecule has 3 aromatic rings. The average Bonchev–Trinajstić information content (AvgIpc) is 2.77. The zero-order valence-corrected chi connectivity index (χ0v) is 20.5. The Hall–Kier alpha value is -2.29. The third-order valence-corrected chi connectivity index (χ3v) is 6.42. The lowest BCUT2D eigenvalue weighted by molar-refractivity contribution is 0.266. The fraction of sp³-hybridized carbons (Fsp3) is 0.250. The molecule has 0 fully saturated rings. The second kappa shape index (κ2) is 11.7. The van der Waals surface area contributed by atoms with Crippen molar-refractivity contribution in [2.24, 2.45) is 5.14 Å². The van der Waals surface area contributed by atoms with Crippen molar-refractivity contribution in [3.8, 4) is 11.5 Å². The zero-order valence-electron chi connectivity index (χ0n) is 18.2. The van der Waals surface area contributed by atoms with Crippen molar-refractivity contribution in [1.82, 2.24) is 5.32 Å². The van der Waals surface area contributed by atoms with E-state index in [2.05, 4.69) is 5.32 Å². The number of ether oxygens (including phenoxy) is 2. The molecule has 9 heteroatoms. The van der Waals surface area contributed by atoms with Gasteiger partial charge in [-0.3, -0.25) is 0 Å². The molecule has 0 radical (unpaired) electrons. The van der Waals surface area contributed by atoms with Crippen molar-refractivity contribution in [3.05, 3.63) is 87.4 Å². The molecule has 0 aliphatic heterocycles. The SMILES string of the molecule is CCOc1cccc(CNCCc2ccc(S(N)(=O)=O)cc2)c1OCc1ccc(Cl)cc1Cl. The highest BCUT2D eigenvalue weighted by molar-refractivity contribution is 7.89. The van der Waals surface area contributed by atoms with Gasteiger partial charge in [-0.15, -0.1) is 0 Å². The lowest BCUT2D eigenvalue weighted by atomic mass is 10.1. The van der Waals surface area contributed by atoms with Gasteiger partial charge in [0.2, 0.25) is 10.0 Å². The monoisotopic (exact) mass is 508 g/mol. The molecule has 6 nitrogen and oxygen atoms in total. The van der Waals surface area contributed by atoms with Crippen LogP contribution in [-0.4, -0.2) is 21.6 Å². The predicted octanol–water partition coefficient (Wildman–Crippen LogP) is 4.95. The number of hydrogen-bond acceptors (Lipinski definition) is 5. The van der Waals surface area contributed by atoms with Gasteiger partial charge >= 0.3 is 0 Å². The zero-order chi connectivity index (χ0) is 23.8. The second-order valence-electron chi connectivity index (χ2n) is 7.32. The molecule has 33 heavy (non-hydrogen) atoms. The number of halogens is 2. The minimum Gasteiger partial charge on any atom is -0.490 e. The molecule has 0 amide bonds. The Bertz CT molecular complexity index is 1190. The van der Waals surface area contributed by atoms with Crippen LogP contribution in [0.1, 0.15) is 23.6 Å². The third kappa shape index (κ3) is 7.35. The van der Waals surface area contributed by atoms with Crippen molar-refractivity contribution < 1.29 is 17.9 Å². The highest BCUT2D eigenvalue weighted by Gasteiger charge is 2.13.